The van der Waals surface area contributed by atoms with Crippen molar-refractivity contribution in [1.82, 2.24) is 0 Å². The van der Waals surface area contributed by atoms with Crippen LogP contribution in [0.15, 0.2) is 18.2 Å². The summed E-state index contributed by atoms with van der Waals surface area (Å²) >= 11 is 0. The van der Waals surface area contributed by atoms with Gasteiger partial charge in [0.2, 0.25) is 5.91 Å². The van der Waals surface area contributed by atoms with Gasteiger partial charge in [-0.3, -0.25) is 4.79 Å². The molecule has 1 aromatic carbocycles. The molecule has 108 valence electrons. The number of benzene rings is 1. The largest absolute Gasteiger partial charge is 0.382 e. The number of fused-ring (bicyclic) bond motifs is 1. The first kappa shape index (κ1) is 13.5. The maximum atomic E-state index is 11.4. The van der Waals surface area contributed by atoms with E-state index in [0.717, 1.165) is 12.1 Å². The summed E-state index contributed by atoms with van der Waals surface area (Å²) in [7, 11) is 0. The molecule has 1 aliphatic heterocycles. The molecule has 3 nitrogen and oxygen atoms in total. The van der Waals surface area contributed by atoms with E-state index in [9.17, 15) is 4.79 Å². The second-order valence-electron chi connectivity index (χ2n) is 6.11. The van der Waals surface area contributed by atoms with Crippen LogP contribution in [0, 0.1) is 0 Å². The Hall–Kier alpha value is -1.51. The van der Waals surface area contributed by atoms with E-state index in [1.807, 2.05) is 6.07 Å². The number of hydrogen-bond acceptors (Lipinski definition) is 2. The Morgan fingerprint density at radius 2 is 1.75 bits per heavy atom. The Morgan fingerprint density at radius 1 is 1.00 bits per heavy atom. The predicted molar refractivity (Wildman–Crippen MR) is 83.1 cm³/mol. The predicted octanol–water partition coefficient (Wildman–Crippen LogP) is 4.10. The van der Waals surface area contributed by atoms with Gasteiger partial charge in [0, 0.05) is 23.8 Å². The number of carbonyl (C=O) groups excluding carboxylic acids is 1. The minimum absolute atomic E-state index is 0.137. The molecule has 0 aromatic heterocycles. The maximum absolute atomic E-state index is 11.4. The monoisotopic (exact) mass is 272 g/mol. The van der Waals surface area contributed by atoms with E-state index in [1.165, 1.54) is 56.2 Å². The van der Waals surface area contributed by atoms with Crippen LogP contribution in [0.25, 0.3) is 0 Å². The first-order valence-electron chi connectivity index (χ1n) is 8.00. The zero-order valence-electron chi connectivity index (χ0n) is 12.1. The van der Waals surface area contributed by atoms with Crippen LogP contribution >= 0.6 is 0 Å². The van der Waals surface area contributed by atoms with Crippen molar-refractivity contribution < 1.29 is 4.79 Å². The average Bonchev–Trinajstić information content (AvgIpc) is 2.42. The Morgan fingerprint density at radius 3 is 2.55 bits per heavy atom. The quantitative estimate of drug-likeness (QED) is 0.851. The minimum atomic E-state index is 0.137. The van der Waals surface area contributed by atoms with Gasteiger partial charge in [0.1, 0.15) is 0 Å². The summed E-state index contributed by atoms with van der Waals surface area (Å²) in [4.78, 5) is 11.4. The lowest BCUT2D eigenvalue weighted by Gasteiger charge is -2.24. The Kier molecular flexibility index (Phi) is 4.24. The highest BCUT2D eigenvalue weighted by Crippen LogP contribution is 2.27. The molecule has 0 spiro atoms. The molecule has 1 amide bonds. The smallest absolute Gasteiger partial charge is 0.224 e. The molecule has 3 heteroatoms. The average molecular weight is 272 g/mol. The molecule has 1 fully saturated rings. The summed E-state index contributed by atoms with van der Waals surface area (Å²) in [6.07, 6.45) is 10.9. The lowest BCUT2D eigenvalue weighted by atomic mass is 9.96. The van der Waals surface area contributed by atoms with E-state index in [-0.39, 0.29) is 5.91 Å². The highest BCUT2D eigenvalue weighted by Gasteiger charge is 2.16. The lowest BCUT2D eigenvalue weighted by Crippen LogP contribution is -2.22. The summed E-state index contributed by atoms with van der Waals surface area (Å²) in [5.41, 5.74) is 3.47. The molecule has 0 atom stereocenters. The number of nitrogens with one attached hydrogen (secondary N) is 2. The van der Waals surface area contributed by atoms with Gasteiger partial charge >= 0.3 is 0 Å². The van der Waals surface area contributed by atoms with E-state index in [2.05, 4.69) is 22.8 Å². The molecule has 20 heavy (non-hydrogen) atoms. The second kappa shape index (κ2) is 6.29. The summed E-state index contributed by atoms with van der Waals surface area (Å²) in [5, 5.41) is 6.64. The van der Waals surface area contributed by atoms with Crippen molar-refractivity contribution in [1.29, 1.82) is 0 Å². The van der Waals surface area contributed by atoms with Crippen LogP contribution < -0.4 is 10.6 Å². The van der Waals surface area contributed by atoms with Crippen molar-refractivity contribution in [2.75, 3.05) is 10.6 Å². The van der Waals surface area contributed by atoms with E-state index in [4.69, 9.17) is 0 Å². The van der Waals surface area contributed by atoms with Gasteiger partial charge in [0.05, 0.1) is 0 Å². The van der Waals surface area contributed by atoms with Crippen LogP contribution in [-0.2, 0) is 11.2 Å². The van der Waals surface area contributed by atoms with Crippen LogP contribution in [0.1, 0.15) is 56.9 Å². The van der Waals surface area contributed by atoms with Gasteiger partial charge in [0.25, 0.3) is 0 Å². The zero-order valence-corrected chi connectivity index (χ0v) is 12.1. The highest BCUT2D eigenvalue weighted by molar-refractivity contribution is 5.94. The molecule has 0 saturated heterocycles. The van der Waals surface area contributed by atoms with E-state index in [1.54, 1.807) is 0 Å². The molecule has 1 aromatic rings. The van der Waals surface area contributed by atoms with Crippen molar-refractivity contribution >= 4 is 17.3 Å². The Balaban J connectivity index is 1.66. The molecule has 2 N–H and O–H groups in total. The first-order chi connectivity index (χ1) is 9.81. The molecule has 0 bridgehead atoms. The first-order valence-corrected chi connectivity index (χ1v) is 8.00. The van der Waals surface area contributed by atoms with Crippen molar-refractivity contribution in [3.63, 3.8) is 0 Å². The van der Waals surface area contributed by atoms with Crippen molar-refractivity contribution in [3.05, 3.63) is 23.8 Å². The van der Waals surface area contributed by atoms with Crippen molar-refractivity contribution in [3.8, 4) is 0 Å². The standard InChI is InChI=1S/C17H24N2O/c20-17-11-8-13-12-15(9-10-16(13)19-17)18-14-6-4-2-1-3-5-7-14/h9-10,12,14,18H,1-8,11H2,(H,19,20). The summed E-state index contributed by atoms with van der Waals surface area (Å²) in [5.74, 6) is 0.137. The minimum Gasteiger partial charge on any atom is -0.382 e. The number of aryl methyl sites for hydroxylation is 1. The van der Waals surface area contributed by atoms with E-state index >= 15 is 0 Å². The zero-order chi connectivity index (χ0) is 13.8. The fourth-order valence-electron chi connectivity index (χ4n) is 3.31. The number of rotatable bonds is 2. The van der Waals surface area contributed by atoms with Gasteiger partial charge < -0.3 is 10.6 Å². The molecular formula is C17H24N2O. The summed E-state index contributed by atoms with van der Waals surface area (Å²) in [6, 6.07) is 6.97. The van der Waals surface area contributed by atoms with E-state index < -0.39 is 0 Å². The van der Waals surface area contributed by atoms with Crippen LogP contribution in [-0.4, -0.2) is 11.9 Å². The van der Waals surface area contributed by atoms with Gasteiger partial charge in [-0.1, -0.05) is 32.1 Å². The number of hydrogen-bond donors (Lipinski definition) is 2. The van der Waals surface area contributed by atoms with Crippen LogP contribution in [0.4, 0.5) is 11.4 Å². The van der Waals surface area contributed by atoms with Gasteiger partial charge in [-0.2, -0.15) is 0 Å². The normalized spacial score (nSPS) is 20.5. The second-order valence-corrected chi connectivity index (χ2v) is 6.11. The fraction of sp³-hybridized carbons (Fsp3) is 0.588. The molecule has 1 saturated carbocycles. The summed E-state index contributed by atoms with van der Waals surface area (Å²) in [6.45, 7) is 0. The van der Waals surface area contributed by atoms with E-state index in [0.29, 0.717) is 12.5 Å². The third-order valence-electron chi connectivity index (χ3n) is 4.48. The van der Waals surface area contributed by atoms with Crippen LogP contribution in [0.3, 0.4) is 0 Å². The maximum Gasteiger partial charge on any atom is 0.224 e. The molecule has 0 unspecified atom stereocenters. The van der Waals surface area contributed by atoms with Crippen LogP contribution in [0.2, 0.25) is 0 Å². The molecule has 0 radical (unpaired) electrons. The third-order valence-corrected chi connectivity index (χ3v) is 4.48. The van der Waals surface area contributed by atoms with Gasteiger partial charge in [0.15, 0.2) is 0 Å². The highest BCUT2D eigenvalue weighted by atomic mass is 16.1. The molecule has 1 aliphatic carbocycles. The van der Waals surface area contributed by atoms with Crippen molar-refractivity contribution in [2.24, 2.45) is 0 Å². The third kappa shape index (κ3) is 3.33. The molecule has 3 rings (SSSR count). The molecule has 1 heterocycles. The fourth-order valence-corrected chi connectivity index (χ4v) is 3.31. The lowest BCUT2D eigenvalue weighted by molar-refractivity contribution is -0.116. The summed E-state index contributed by atoms with van der Waals surface area (Å²) < 4.78 is 0. The van der Waals surface area contributed by atoms with Gasteiger partial charge in [-0.15, -0.1) is 0 Å². The Bertz CT molecular complexity index is 476. The molecular weight excluding hydrogens is 248 g/mol. The number of anilines is 2. The number of carbonyl (C=O) groups is 1. The molecule has 2 aliphatic rings. The number of amides is 1. The van der Waals surface area contributed by atoms with Crippen LogP contribution in [0.5, 0.6) is 0 Å². The van der Waals surface area contributed by atoms with Gasteiger partial charge in [-0.05, 0) is 43.0 Å². The van der Waals surface area contributed by atoms with Gasteiger partial charge in [-0.25, -0.2) is 0 Å². The SMILES string of the molecule is O=C1CCc2cc(NC3CCCCCCC3)ccc2N1. The Labute approximate surface area is 121 Å². The van der Waals surface area contributed by atoms with Crippen molar-refractivity contribution in [2.45, 2.75) is 63.8 Å². The topological polar surface area (TPSA) is 41.1 Å².